The van der Waals surface area contributed by atoms with Crippen molar-refractivity contribution in [2.75, 3.05) is 18.1 Å². The largest absolute Gasteiger partial charge is 0.367 e. The Morgan fingerprint density at radius 1 is 1.41 bits per heavy atom. The van der Waals surface area contributed by atoms with Crippen LogP contribution in [0.2, 0.25) is 0 Å². The van der Waals surface area contributed by atoms with E-state index in [0.717, 1.165) is 16.9 Å². The van der Waals surface area contributed by atoms with Gasteiger partial charge in [0.15, 0.2) is 10.8 Å². The van der Waals surface area contributed by atoms with Crippen LogP contribution in [0.4, 0.5) is 5.82 Å². The number of carbonyl (C=O) groups is 1. The number of fused-ring (bicyclic) bond motifs is 1. The van der Waals surface area contributed by atoms with Crippen LogP contribution in [0.3, 0.4) is 0 Å². The maximum absolute atomic E-state index is 11.3. The van der Waals surface area contributed by atoms with Gasteiger partial charge < -0.3 is 10.6 Å². The molecule has 22 heavy (non-hydrogen) atoms. The van der Waals surface area contributed by atoms with Crippen LogP contribution in [0.15, 0.2) is 11.4 Å². The Balaban J connectivity index is 2.26. The monoisotopic (exact) mass is 322 g/mol. The molecule has 0 aromatic carbocycles. The Labute approximate surface area is 134 Å². The van der Waals surface area contributed by atoms with E-state index in [1.165, 1.54) is 11.8 Å². The van der Waals surface area contributed by atoms with E-state index in [9.17, 15) is 4.79 Å². The molecule has 0 saturated carbocycles. The molecule has 2 aromatic heterocycles. The fraction of sp³-hybridized carbons (Fsp3) is 0.571. The number of hydrogen-bond donors (Lipinski definition) is 2. The molecule has 8 heteroatoms. The molecule has 0 aliphatic heterocycles. The van der Waals surface area contributed by atoms with Gasteiger partial charge in [-0.25, -0.2) is 14.6 Å². The smallest absolute Gasteiger partial charge is 0.219 e. The standard InChI is InChI=1S/C14H22N6OS/c1-5-11(21)15-6-7-20-13-10(8-16-20)12(17-9(2)3)18-14(19-13)22-4/h8-9H,5-7H2,1-4H3,(H,15,21)(H,17,18,19). The third-order valence-corrected chi connectivity index (χ3v) is 3.60. The minimum absolute atomic E-state index is 0.0399. The summed E-state index contributed by atoms with van der Waals surface area (Å²) in [4.78, 5) is 20.4. The molecule has 0 unspecified atom stereocenters. The minimum atomic E-state index is 0.0399. The number of nitrogens with zero attached hydrogens (tertiary/aromatic N) is 4. The highest BCUT2D eigenvalue weighted by molar-refractivity contribution is 7.98. The van der Waals surface area contributed by atoms with E-state index in [1.807, 2.05) is 13.2 Å². The average molecular weight is 322 g/mol. The van der Waals surface area contributed by atoms with Gasteiger partial charge >= 0.3 is 0 Å². The maximum Gasteiger partial charge on any atom is 0.219 e. The van der Waals surface area contributed by atoms with E-state index in [1.54, 1.807) is 10.9 Å². The van der Waals surface area contributed by atoms with Crippen LogP contribution in [0.5, 0.6) is 0 Å². The number of amides is 1. The molecule has 2 aromatic rings. The van der Waals surface area contributed by atoms with Crippen LogP contribution in [-0.2, 0) is 11.3 Å². The summed E-state index contributed by atoms with van der Waals surface area (Å²) in [6, 6.07) is 0.278. The second kappa shape index (κ2) is 7.44. The molecule has 2 rings (SSSR count). The lowest BCUT2D eigenvalue weighted by atomic mass is 10.3. The molecule has 0 aliphatic carbocycles. The zero-order valence-electron chi connectivity index (χ0n) is 13.4. The lowest BCUT2D eigenvalue weighted by Gasteiger charge is -2.11. The molecule has 0 aliphatic rings. The molecule has 7 nitrogen and oxygen atoms in total. The number of nitrogens with one attached hydrogen (secondary N) is 2. The van der Waals surface area contributed by atoms with Crippen LogP contribution in [0.25, 0.3) is 11.0 Å². The Kier molecular flexibility index (Phi) is 5.59. The second-order valence-corrected chi connectivity index (χ2v) is 5.94. The van der Waals surface area contributed by atoms with Crippen molar-refractivity contribution in [3.63, 3.8) is 0 Å². The molecular formula is C14H22N6OS. The van der Waals surface area contributed by atoms with Crippen LogP contribution in [0.1, 0.15) is 27.2 Å². The van der Waals surface area contributed by atoms with Crippen molar-refractivity contribution in [3.8, 4) is 0 Å². The maximum atomic E-state index is 11.3. The zero-order chi connectivity index (χ0) is 16.1. The number of thioether (sulfide) groups is 1. The van der Waals surface area contributed by atoms with Crippen molar-refractivity contribution in [2.45, 2.75) is 44.9 Å². The van der Waals surface area contributed by atoms with Crippen molar-refractivity contribution in [2.24, 2.45) is 0 Å². The van der Waals surface area contributed by atoms with Gasteiger partial charge in [-0.3, -0.25) is 4.79 Å². The highest BCUT2D eigenvalue weighted by atomic mass is 32.2. The predicted octanol–water partition coefficient (Wildman–Crippen LogP) is 1.89. The van der Waals surface area contributed by atoms with Gasteiger partial charge in [0.25, 0.3) is 0 Å². The molecule has 0 bridgehead atoms. The van der Waals surface area contributed by atoms with Crippen molar-refractivity contribution in [1.82, 2.24) is 25.1 Å². The molecule has 0 fully saturated rings. The van der Waals surface area contributed by atoms with Gasteiger partial charge in [-0.1, -0.05) is 18.7 Å². The van der Waals surface area contributed by atoms with E-state index in [-0.39, 0.29) is 11.9 Å². The molecule has 0 atom stereocenters. The SMILES string of the molecule is CCC(=O)NCCn1ncc2c(NC(C)C)nc(SC)nc21. The lowest BCUT2D eigenvalue weighted by molar-refractivity contribution is -0.120. The molecular weight excluding hydrogens is 300 g/mol. The molecule has 0 saturated heterocycles. The Hall–Kier alpha value is -1.83. The highest BCUT2D eigenvalue weighted by Gasteiger charge is 2.13. The Morgan fingerprint density at radius 3 is 2.82 bits per heavy atom. The van der Waals surface area contributed by atoms with Crippen molar-refractivity contribution in [1.29, 1.82) is 0 Å². The minimum Gasteiger partial charge on any atom is -0.367 e. The molecule has 0 spiro atoms. The van der Waals surface area contributed by atoms with E-state index >= 15 is 0 Å². The third-order valence-electron chi connectivity index (χ3n) is 3.05. The first-order valence-corrected chi connectivity index (χ1v) is 8.58. The zero-order valence-corrected chi connectivity index (χ0v) is 14.2. The third kappa shape index (κ3) is 3.88. The fourth-order valence-electron chi connectivity index (χ4n) is 2.00. The number of hydrogen-bond acceptors (Lipinski definition) is 6. The summed E-state index contributed by atoms with van der Waals surface area (Å²) in [6.45, 7) is 7.09. The van der Waals surface area contributed by atoms with Gasteiger partial charge in [0.1, 0.15) is 5.82 Å². The lowest BCUT2D eigenvalue weighted by Crippen LogP contribution is -2.26. The van der Waals surface area contributed by atoms with Crippen LogP contribution in [0, 0.1) is 0 Å². The van der Waals surface area contributed by atoms with Gasteiger partial charge in [0.2, 0.25) is 5.91 Å². The van der Waals surface area contributed by atoms with Crippen LogP contribution >= 0.6 is 11.8 Å². The molecule has 2 heterocycles. The van der Waals surface area contributed by atoms with E-state index in [4.69, 9.17) is 0 Å². The number of aromatic nitrogens is 4. The summed E-state index contributed by atoms with van der Waals surface area (Å²) >= 11 is 1.50. The summed E-state index contributed by atoms with van der Waals surface area (Å²) in [6.07, 6.45) is 4.20. The predicted molar refractivity (Wildman–Crippen MR) is 89.2 cm³/mol. The number of carbonyl (C=O) groups excluding carboxylic acids is 1. The van der Waals surface area contributed by atoms with Gasteiger partial charge in [0.05, 0.1) is 18.1 Å². The summed E-state index contributed by atoms with van der Waals surface area (Å²) in [7, 11) is 0. The quantitative estimate of drug-likeness (QED) is 0.598. The molecule has 2 N–H and O–H groups in total. The van der Waals surface area contributed by atoms with Gasteiger partial charge in [-0.05, 0) is 20.1 Å². The Bertz CT molecular complexity index is 654. The van der Waals surface area contributed by atoms with Gasteiger partial charge in [0, 0.05) is 19.0 Å². The first-order valence-electron chi connectivity index (χ1n) is 7.36. The second-order valence-electron chi connectivity index (χ2n) is 5.17. The summed E-state index contributed by atoms with van der Waals surface area (Å²) < 4.78 is 1.80. The van der Waals surface area contributed by atoms with Gasteiger partial charge in [-0.2, -0.15) is 5.10 Å². The molecule has 1 amide bonds. The van der Waals surface area contributed by atoms with E-state index < -0.39 is 0 Å². The van der Waals surface area contributed by atoms with E-state index in [0.29, 0.717) is 24.7 Å². The topological polar surface area (TPSA) is 84.7 Å². The van der Waals surface area contributed by atoms with Crippen molar-refractivity contribution < 1.29 is 4.79 Å². The fourth-order valence-corrected chi connectivity index (χ4v) is 2.36. The van der Waals surface area contributed by atoms with E-state index in [2.05, 4.69) is 39.5 Å². The van der Waals surface area contributed by atoms with Crippen molar-refractivity contribution >= 4 is 34.5 Å². The molecule has 120 valence electrons. The highest BCUT2D eigenvalue weighted by Crippen LogP contribution is 2.23. The summed E-state index contributed by atoms with van der Waals surface area (Å²) in [5.74, 6) is 0.839. The van der Waals surface area contributed by atoms with Gasteiger partial charge in [-0.15, -0.1) is 0 Å². The summed E-state index contributed by atoms with van der Waals surface area (Å²) in [5.41, 5.74) is 0.785. The van der Waals surface area contributed by atoms with Crippen molar-refractivity contribution in [3.05, 3.63) is 6.20 Å². The summed E-state index contributed by atoms with van der Waals surface area (Å²) in [5, 5.41) is 12.2. The molecule has 0 radical (unpaired) electrons. The number of anilines is 1. The van der Waals surface area contributed by atoms with Crippen LogP contribution in [-0.4, -0.2) is 44.5 Å². The average Bonchev–Trinajstić information content (AvgIpc) is 2.89. The Morgan fingerprint density at radius 2 is 2.18 bits per heavy atom. The number of rotatable bonds is 7. The first-order chi connectivity index (χ1) is 10.5. The normalized spacial score (nSPS) is 11.1. The van der Waals surface area contributed by atoms with Crippen LogP contribution < -0.4 is 10.6 Å². The first kappa shape index (κ1) is 16.5.